The summed E-state index contributed by atoms with van der Waals surface area (Å²) < 4.78 is 10.1. The van der Waals surface area contributed by atoms with Crippen LogP contribution in [0.15, 0.2) is 0 Å². The van der Waals surface area contributed by atoms with E-state index >= 15 is 0 Å². The molecule has 0 spiro atoms. The molecule has 3 unspecified atom stereocenters. The van der Waals surface area contributed by atoms with Crippen LogP contribution in [-0.4, -0.2) is 58.9 Å². The van der Waals surface area contributed by atoms with Crippen molar-refractivity contribution < 1.29 is 29.9 Å². The maximum absolute atomic E-state index is 9.11. The van der Waals surface area contributed by atoms with Crippen molar-refractivity contribution >= 4 is 0 Å². The van der Waals surface area contributed by atoms with Crippen LogP contribution >= 0.6 is 0 Å². The molecular weight excluding hydrogens is 252 g/mol. The van der Waals surface area contributed by atoms with E-state index in [-0.39, 0.29) is 19.3 Å². The van der Waals surface area contributed by atoms with Gasteiger partial charge in [0.15, 0.2) is 12.6 Å². The van der Waals surface area contributed by atoms with Gasteiger partial charge in [-0.15, -0.1) is 0 Å². The first-order valence-corrected chi connectivity index (χ1v) is 6.86. The summed E-state index contributed by atoms with van der Waals surface area (Å²) in [6, 6.07) is 0. The third kappa shape index (κ3) is 17.8. The molecule has 0 radical (unpaired) electrons. The van der Waals surface area contributed by atoms with Crippen molar-refractivity contribution in [2.75, 3.05) is 19.8 Å². The Morgan fingerprint density at radius 3 is 1.74 bits per heavy atom. The van der Waals surface area contributed by atoms with Crippen LogP contribution in [0.5, 0.6) is 0 Å². The molecule has 0 aromatic carbocycles. The highest BCUT2D eigenvalue weighted by atomic mass is 16.6. The van der Waals surface area contributed by atoms with Crippen molar-refractivity contribution in [1.29, 1.82) is 0 Å². The van der Waals surface area contributed by atoms with Crippen LogP contribution in [0.4, 0.5) is 0 Å². The molecule has 0 saturated heterocycles. The summed E-state index contributed by atoms with van der Waals surface area (Å²) in [5, 5.41) is 34.3. The monoisotopic (exact) mass is 282 g/mol. The number of ether oxygens (including phenoxy) is 2. The lowest BCUT2D eigenvalue weighted by atomic mass is 10.3. The molecule has 0 saturated carbocycles. The van der Waals surface area contributed by atoms with E-state index in [9.17, 15) is 0 Å². The largest absolute Gasteiger partial charge is 0.396 e. The first kappa shape index (κ1) is 21.1. The van der Waals surface area contributed by atoms with Crippen molar-refractivity contribution in [3.63, 3.8) is 0 Å². The van der Waals surface area contributed by atoms with E-state index in [0.717, 1.165) is 12.8 Å². The van der Waals surface area contributed by atoms with Crippen LogP contribution < -0.4 is 0 Å². The molecule has 3 atom stereocenters. The topological polar surface area (TPSA) is 99.4 Å². The highest BCUT2D eigenvalue weighted by Crippen LogP contribution is 2.02. The molecular formula is C13H30O6. The summed E-state index contributed by atoms with van der Waals surface area (Å²) in [5.41, 5.74) is 0. The van der Waals surface area contributed by atoms with E-state index < -0.39 is 12.6 Å². The lowest BCUT2D eigenvalue weighted by molar-refractivity contribution is -0.176. The SMILES string of the molecule is CCC(O)OCC(C)OC(O)CC.OCCCCO. The molecule has 0 rings (SSSR count). The fourth-order valence-corrected chi connectivity index (χ4v) is 0.992. The van der Waals surface area contributed by atoms with Crippen molar-refractivity contribution in [2.45, 2.75) is 65.1 Å². The van der Waals surface area contributed by atoms with Gasteiger partial charge in [0, 0.05) is 13.2 Å². The average molecular weight is 282 g/mol. The van der Waals surface area contributed by atoms with Gasteiger partial charge in [0.05, 0.1) is 12.7 Å². The summed E-state index contributed by atoms with van der Waals surface area (Å²) in [5.74, 6) is 0. The maximum Gasteiger partial charge on any atom is 0.154 e. The zero-order valence-corrected chi connectivity index (χ0v) is 12.3. The molecule has 0 aromatic rings. The smallest absolute Gasteiger partial charge is 0.154 e. The lowest BCUT2D eigenvalue weighted by Crippen LogP contribution is -2.25. The molecule has 0 aliphatic carbocycles. The van der Waals surface area contributed by atoms with Gasteiger partial charge in [0.1, 0.15) is 0 Å². The van der Waals surface area contributed by atoms with Crippen LogP contribution in [0.25, 0.3) is 0 Å². The van der Waals surface area contributed by atoms with Crippen LogP contribution in [0.3, 0.4) is 0 Å². The first-order valence-electron chi connectivity index (χ1n) is 6.86. The predicted molar refractivity (Wildman–Crippen MR) is 72.5 cm³/mol. The molecule has 4 N–H and O–H groups in total. The molecule has 0 amide bonds. The van der Waals surface area contributed by atoms with E-state index in [0.29, 0.717) is 19.4 Å². The van der Waals surface area contributed by atoms with E-state index in [2.05, 4.69) is 0 Å². The van der Waals surface area contributed by atoms with Crippen molar-refractivity contribution in [1.82, 2.24) is 0 Å². The molecule has 0 aliphatic rings. The van der Waals surface area contributed by atoms with Crippen LogP contribution in [0, 0.1) is 0 Å². The van der Waals surface area contributed by atoms with Crippen LogP contribution in [-0.2, 0) is 9.47 Å². The highest BCUT2D eigenvalue weighted by molar-refractivity contribution is 4.49. The Morgan fingerprint density at radius 2 is 1.37 bits per heavy atom. The Balaban J connectivity index is 0. The Morgan fingerprint density at radius 1 is 0.895 bits per heavy atom. The second-order valence-electron chi connectivity index (χ2n) is 4.16. The summed E-state index contributed by atoms with van der Waals surface area (Å²) in [4.78, 5) is 0. The number of hydrogen-bond acceptors (Lipinski definition) is 6. The standard InChI is InChI=1S/C9H20O4.C4H10O2/c1-4-8(10)12-6-7(3)13-9(11)5-2;5-3-1-2-4-6/h7-11H,4-6H2,1-3H3;5-6H,1-4H2. The predicted octanol–water partition coefficient (Wildman–Crippen LogP) is 0.616. The second kappa shape index (κ2) is 15.8. The highest BCUT2D eigenvalue weighted by Gasteiger charge is 2.10. The number of hydrogen-bond donors (Lipinski definition) is 4. The molecule has 0 aliphatic heterocycles. The van der Waals surface area contributed by atoms with E-state index in [1.165, 1.54) is 0 Å². The summed E-state index contributed by atoms with van der Waals surface area (Å²) in [6.07, 6.45) is 0.884. The molecule has 0 aromatic heterocycles. The van der Waals surface area contributed by atoms with Gasteiger partial charge in [-0.2, -0.15) is 0 Å². The van der Waals surface area contributed by atoms with Gasteiger partial charge in [-0.3, -0.25) is 0 Å². The Kier molecular flexibility index (Phi) is 17.5. The number of aliphatic hydroxyl groups is 4. The number of unbranched alkanes of at least 4 members (excludes halogenated alkanes) is 1. The summed E-state index contributed by atoms with van der Waals surface area (Å²) in [6.45, 7) is 6.14. The fourth-order valence-electron chi connectivity index (χ4n) is 0.992. The molecule has 6 heteroatoms. The maximum atomic E-state index is 9.11. The minimum atomic E-state index is -0.739. The normalized spacial score (nSPS) is 15.3. The van der Waals surface area contributed by atoms with Gasteiger partial charge in [-0.05, 0) is 32.6 Å². The molecule has 19 heavy (non-hydrogen) atoms. The summed E-state index contributed by atoms with van der Waals surface area (Å²) in [7, 11) is 0. The zero-order valence-electron chi connectivity index (χ0n) is 12.3. The molecule has 0 fully saturated rings. The first-order chi connectivity index (χ1) is 9.01. The third-order valence-electron chi connectivity index (χ3n) is 2.18. The van der Waals surface area contributed by atoms with Crippen LogP contribution in [0.2, 0.25) is 0 Å². The van der Waals surface area contributed by atoms with Gasteiger partial charge < -0.3 is 29.9 Å². The van der Waals surface area contributed by atoms with Crippen LogP contribution in [0.1, 0.15) is 46.5 Å². The van der Waals surface area contributed by atoms with E-state index in [4.69, 9.17) is 29.9 Å². The van der Waals surface area contributed by atoms with Gasteiger partial charge >= 0.3 is 0 Å². The van der Waals surface area contributed by atoms with Gasteiger partial charge in [-0.25, -0.2) is 0 Å². The minimum absolute atomic E-state index is 0.195. The molecule has 0 heterocycles. The van der Waals surface area contributed by atoms with Crippen molar-refractivity contribution in [3.05, 3.63) is 0 Å². The van der Waals surface area contributed by atoms with Gasteiger partial charge in [0.2, 0.25) is 0 Å². The van der Waals surface area contributed by atoms with Crippen molar-refractivity contribution in [3.8, 4) is 0 Å². The summed E-state index contributed by atoms with van der Waals surface area (Å²) >= 11 is 0. The van der Waals surface area contributed by atoms with Gasteiger partial charge in [-0.1, -0.05) is 13.8 Å². The lowest BCUT2D eigenvalue weighted by Gasteiger charge is -2.18. The molecule has 0 bridgehead atoms. The Bertz CT molecular complexity index is 163. The minimum Gasteiger partial charge on any atom is -0.396 e. The fraction of sp³-hybridized carbons (Fsp3) is 1.00. The second-order valence-corrected chi connectivity index (χ2v) is 4.16. The van der Waals surface area contributed by atoms with E-state index in [1.54, 1.807) is 6.92 Å². The molecule has 6 nitrogen and oxygen atoms in total. The van der Waals surface area contributed by atoms with E-state index in [1.807, 2.05) is 13.8 Å². The number of aliphatic hydroxyl groups excluding tert-OH is 4. The van der Waals surface area contributed by atoms with Crippen molar-refractivity contribution in [2.24, 2.45) is 0 Å². The Labute approximate surface area is 116 Å². The Hall–Kier alpha value is -0.240. The molecule has 118 valence electrons. The third-order valence-corrected chi connectivity index (χ3v) is 2.18. The quantitative estimate of drug-likeness (QED) is 0.346. The van der Waals surface area contributed by atoms with Gasteiger partial charge in [0.25, 0.3) is 0 Å². The number of rotatable bonds is 10. The average Bonchev–Trinajstić information content (AvgIpc) is 2.42. The zero-order chi connectivity index (χ0) is 15.1.